The third-order valence-corrected chi connectivity index (χ3v) is 1.07. The molecule has 1 amide bonds. The van der Waals surface area contributed by atoms with Crippen LogP contribution in [0.25, 0.3) is 0 Å². The molecule has 1 aromatic rings. The predicted octanol–water partition coefficient (Wildman–Crippen LogP) is 0.545. The lowest BCUT2D eigenvalue weighted by atomic mass is 10.4. The minimum Gasteiger partial charge on any atom is -0.364 e. The first kappa shape index (κ1) is 9.68. The van der Waals surface area contributed by atoms with Gasteiger partial charge in [0.15, 0.2) is 0 Å². The van der Waals surface area contributed by atoms with E-state index in [9.17, 15) is 4.79 Å². The zero-order chi connectivity index (χ0) is 8.85. The Bertz CT molecular complexity index is 229. The Balaban J connectivity index is 0.000000461. The molecule has 0 aliphatic heterocycles. The van der Waals surface area contributed by atoms with E-state index in [1.165, 1.54) is 10.9 Å². The van der Waals surface area contributed by atoms with Crippen molar-refractivity contribution in [3.05, 3.63) is 18.0 Å². The second kappa shape index (κ2) is 4.49. The Kier molecular flexibility index (Phi) is 3.95. The highest BCUT2D eigenvalue weighted by Gasteiger charge is 2.02. The van der Waals surface area contributed by atoms with Crippen molar-refractivity contribution < 1.29 is 4.79 Å². The number of nitrogens with zero attached hydrogens (tertiary/aromatic N) is 2. The van der Waals surface area contributed by atoms with Crippen LogP contribution in [0.15, 0.2) is 12.3 Å². The highest BCUT2D eigenvalue weighted by atomic mass is 16.1. The molecule has 0 radical (unpaired) electrons. The molecule has 0 spiro atoms. The Hall–Kier alpha value is -1.32. The average molecular weight is 155 g/mol. The third-order valence-electron chi connectivity index (χ3n) is 1.07. The van der Waals surface area contributed by atoms with Crippen molar-refractivity contribution in [2.45, 2.75) is 13.8 Å². The molecular formula is C7H13N3O. The van der Waals surface area contributed by atoms with Crippen LogP contribution in [0.2, 0.25) is 0 Å². The highest BCUT2D eigenvalue weighted by Crippen LogP contribution is 1.91. The first-order valence-corrected chi connectivity index (χ1v) is 3.49. The maximum absolute atomic E-state index is 10.4. The lowest BCUT2D eigenvalue weighted by molar-refractivity contribution is 0.0991. The number of nitrogens with two attached hydrogens (primary N) is 1. The Morgan fingerprint density at radius 3 is 2.36 bits per heavy atom. The molecule has 0 bridgehead atoms. The number of hydrogen-bond acceptors (Lipinski definition) is 2. The molecule has 11 heavy (non-hydrogen) atoms. The minimum absolute atomic E-state index is 0.426. The number of carbonyl (C=O) groups excluding carboxylic acids is 1. The number of hydrogen-bond donors (Lipinski definition) is 1. The van der Waals surface area contributed by atoms with E-state index in [0.29, 0.717) is 5.69 Å². The van der Waals surface area contributed by atoms with Crippen molar-refractivity contribution in [3.8, 4) is 0 Å². The zero-order valence-corrected chi connectivity index (χ0v) is 7.03. The Labute approximate surface area is 66.0 Å². The van der Waals surface area contributed by atoms with E-state index in [1.807, 2.05) is 13.8 Å². The van der Waals surface area contributed by atoms with Gasteiger partial charge in [-0.25, -0.2) is 0 Å². The van der Waals surface area contributed by atoms with Gasteiger partial charge in [0.2, 0.25) is 0 Å². The van der Waals surface area contributed by atoms with Crippen molar-refractivity contribution in [2.24, 2.45) is 12.8 Å². The van der Waals surface area contributed by atoms with Crippen LogP contribution in [-0.4, -0.2) is 15.7 Å². The van der Waals surface area contributed by atoms with Crippen LogP contribution >= 0.6 is 0 Å². The molecule has 0 saturated heterocycles. The van der Waals surface area contributed by atoms with Crippen LogP contribution in [0.5, 0.6) is 0 Å². The van der Waals surface area contributed by atoms with Crippen LogP contribution in [0.3, 0.4) is 0 Å². The highest BCUT2D eigenvalue weighted by molar-refractivity contribution is 5.90. The molecule has 0 unspecified atom stereocenters. The molecular weight excluding hydrogens is 142 g/mol. The SMILES string of the molecule is CC.Cn1nccc1C(N)=O. The smallest absolute Gasteiger partial charge is 0.266 e. The van der Waals surface area contributed by atoms with Gasteiger partial charge in [-0.15, -0.1) is 0 Å². The zero-order valence-electron chi connectivity index (χ0n) is 7.03. The van der Waals surface area contributed by atoms with Gasteiger partial charge in [0.1, 0.15) is 5.69 Å². The van der Waals surface area contributed by atoms with Crippen LogP contribution in [0.4, 0.5) is 0 Å². The van der Waals surface area contributed by atoms with E-state index in [0.717, 1.165) is 0 Å². The van der Waals surface area contributed by atoms with Gasteiger partial charge >= 0.3 is 0 Å². The summed E-state index contributed by atoms with van der Waals surface area (Å²) in [5.41, 5.74) is 5.39. The minimum atomic E-state index is -0.449. The summed E-state index contributed by atoms with van der Waals surface area (Å²) in [4.78, 5) is 10.4. The molecule has 2 N–H and O–H groups in total. The Morgan fingerprint density at radius 1 is 1.64 bits per heavy atom. The first-order valence-electron chi connectivity index (χ1n) is 3.49. The quantitative estimate of drug-likeness (QED) is 0.643. The van der Waals surface area contributed by atoms with Crippen LogP contribution in [0.1, 0.15) is 24.3 Å². The van der Waals surface area contributed by atoms with Crippen molar-refractivity contribution >= 4 is 5.91 Å². The molecule has 4 nitrogen and oxygen atoms in total. The fourth-order valence-electron chi connectivity index (χ4n) is 0.616. The van der Waals surface area contributed by atoms with Gasteiger partial charge in [-0.05, 0) is 6.07 Å². The van der Waals surface area contributed by atoms with Crippen LogP contribution < -0.4 is 5.73 Å². The summed E-state index contributed by atoms with van der Waals surface area (Å²) in [5.74, 6) is -0.449. The molecule has 1 heterocycles. The molecule has 0 aromatic carbocycles. The van der Waals surface area contributed by atoms with E-state index >= 15 is 0 Å². The monoisotopic (exact) mass is 155 g/mol. The third kappa shape index (κ3) is 2.41. The molecule has 1 rings (SSSR count). The largest absolute Gasteiger partial charge is 0.364 e. The fraction of sp³-hybridized carbons (Fsp3) is 0.429. The lowest BCUT2D eigenvalue weighted by Gasteiger charge is -1.92. The van der Waals surface area contributed by atoms with E-state index < -0.39 is 5.91 Å². The van der Waals surface area contributed by atoms with Gasteiger partial charge in [-0.2, -0.15) is 5.10 Å². The number of rotatable bonds is 1. The Morgan fingerprint density at radius 2 is 2.18 bits per heavy atom. The first-order chi connectivity index (χ1) is 5.22. The van der Waals surface area contributed by atoms with Gasteiger partial charge in [0, 0.05) is 13.2 Å². The van der Waals surface area contributed by atoms with Gasteiger partial charge in [-0.1, -0.05) is 13.8 Å². The summed E-state index contributed by atoms with van der Waals surface area (Å²) in [7, 11) is 1.67. The molecule has 0 atom stereocenters. The summed E-state index contributed by atoms with van der Waals surface area (Å²) in [6, 6.07) is 1.57. The van der Waals surface area contributed by atoms with Gasteiger partial charge in [-0.3, -0.25) is 9.48 Å². The van der Waals surface area contributed by atoms with Gasteiger partial charge in [0.05, 0.1) is 0 Å². The summed E-state index contributed by atoms with van der Waals surface area (Å²) in [6.45, 7) is 4.00. The van der Waals surface area contributed by atoms with E-state index in [2.05, 4.69) is 5.10 Å². The lowest BCUT2D eigenvalue weighted by Crippen LogP contribution is -2.15. The number of amides is 1. The number of primary amides is 1. The van der Waals surface area contributed by atoms with E-state index in [4.69, 9.17) is 5.73 Å². The molecule has 0 aliphatic carbocycles. The number of carbonyl (C=O) groups is 1. The fourth-order valence-corrected chi connectivity index (χ4v) is 0.616. The second-order valence-corrected chi connectivity index (χ2v) is 1.70. The van der Waals surface area contributed by atoms with Crippen LogP contribution in [-0.2, 0) is 7.05 Å². The van der Waals surface area contributed by atoms with E-state index in [1.54, 1.807) is 13.1 Å². The summed E-state index contributed by atoms with van der Waals surface area (Å²) >= 11 is 0. The van der Waals surface area contributed by atoms with Gasteiger partial charge < -0.3 is 5.73 Å². The molecule has 0 aliphatic rings. The normalized spacial score (nSPS) is 8.27. The summed E-state index contributed by atoms with van der Waals surface area (Å²) in [5, 5.41) is 3.75. The predicted molar refractivity (Wildman–Crippen MR) is 43.1 cm³/mol. The van der Waals surface area contributed by atoms with E-state index in [-0.39, 0.29) is 0 Å². The summed E-state index contributed by atoms with van der Waals surface area (Å²) in [6.07, 6.45) is 1.53. The van der Waals surface area contributed by atoms with Gasteiger partial charge in [0.25, 0.3) is 5.91 Å². The molecule has 0 saturated carbocycles. The molecule has 0 fully saturated rings. The van der Waals surface area contributed by atoms with Crippen molar-refractivity contribution in [1.29, 1.82) is 0 Å². The number of aryl methyl sites for hydroxylation is 1. The second-order valence-electron chi connectivity index (χ2n) is 1.70. The number of aromatic nitrogens is 2. The van der Waals surface area contributed by atoms with Crippen molar-refractivity contribution in [2.75, 3.05) is 0 Å². The summed E-state index contributed by atoms with van der Waals surface area (Å²) < 4.78 is 1.43. The molecule has 1 aromatic heterocycles. The topological polar surface area (TPSA) is 60.9 Å². The standard InChI is InChI=1S/C5H7N3O.C2H6/c1-8-4(5(6)9)2-3-7-8;1-2/h2-3H,1H3,(H2,6,9);1-2H3. The molecule has 62 valence electrons. The maximum atomic E-state index is 10.4. The van der Waals surface area contributed by atoms with Crippen LogP contribution in [0, 0.1) is 0 Å². The maximum Gasteiger partial charge on any atom is 0.266 e. The van der Waals surface area contributed by atoms with Crippen molar-refractivity contribution in [1.82, 2.24) is 9.78 Å². The average Bonchev–Trinajstić information content (AvgIpc) is 2.39. The molecule has 4 heteroatoms. The van der Waals surface area contributed by atoms with Crippen molar-refractivity contribution in [3.63, 3.8) is 0 Å².